The molecule has 1 aliphatic rings. The molecule has 1 saturated heterocycles. The van der Waals surface area contributed by atoms with Gasteiger partial charge in [0.1, 0.15) is 0 Å². The van der Waals surface area contributed by atoms with E-state index in [9.17, 15) is 4.79 Å². The van der Waals surface area contributed by atoms with Gasteiger partial charge in [0.05, 0.1) is 0 Å². The largest absolute Gasteiger partial charge is 0.314 e. The zero-order valence-corrected chi connectivity index (χ0v) is 12.0. The summed E-state index contributed by atoms with van der Waals surface area (Å²) in [5, 5.41) is 3.60. The Bertz CT molecular complexity index is 443. The van der Waals surface area contributed by atoms with E-state index in [0.29, 0.717) is 12.1 Å². The van der Waals surface area contributed by atoms with Gasteiger partial charge in [-0.25, -0.2) is 0 Å². The quantitative estimate of drug-likeness (QED) is 0.870. The van der Waals surface area contributed by atoms with E-state index in [1.165, 1.54) is 12.8 Å². The van der Waals surface area contributed by atoms with Crippen molar-refractivity contribution < 1.29 is 0 Å². The van der Waals surface area contributed by atoms with Crippen molar-refractivity contribution in [2.24, 2.45) is 0 Å². The Morgan fingerprint density at radius 3 is 2.95 bits per heavy atom. The third-order valence-corrected chi connectivity index (χ3v) is 3.94. The smallest absolute Gasteiger partial charge is 0.250 e. The van der Waals surface area contributed by atoms with Crippen LogP contribution in [-0.2, 0) is 6.54 Å². The fourth-order valence-corrected chi connectivity index (χ4v) is 2.73. The van der Waals surface area contributed by atoms with E-state index < -0.39 is 0 Å². The molecule has 0 saturated carbocycles. The summed E-state index contributed by atoms with van der Waals surface area (Å²) in [6, 6.07) is 6.49. The first-order chi connectivity index (χ1) is 9.20. The van der Waals surface area contributed by atoms with Crippen LogP contribution < -0.4 is 10.9 Å². The minimum absolute atomic E-state index is 0.0930. The first-order valence-corrected chi connectivity index (χ1v) is 7.33. The van der Waals surface area contributed by atoms with Gasteiger partial charge < -0.3 is 9.88 Å². The van der Waals surface area contributed by atoms with Gasteiger partial charge in [0.15, 0.2) is 0 Å². The molecule has 1 fully saturated rings. The lowest BCUT2D eigenvalue weighted by Crippen LogP contribution is -2.56. The number of nitrogens with one attached hydrogen (secondary N) is 1. The number of hydrogen-bond donors (Lipinski definition) is 1. The molecule has 0 amide bonds. The molecule has 0 aliphatic carbocycles. The van der Waals surface area contributed by atoms with Crippen LogP contribution in [0.5, 0.6) is 0 Å². The van der Waals surface area contributed by atoms with Crippen molar-refractivity contribution in [3.63, 3.8) is 0 Å². The second-order valence-electron chi connectivity index (χ2n) is 5.47. The molecule has 0 aromatic carbocycles. The summed E-state index contributed by atoms with van der Waals surface area (Å²) in [4.78, 5) is 14.2. The maximum absolute atomic E-state index is 11.7. The molecule has 1 aliphatic heterocycles. The Morgan fingerprint density at radius 1 is 1.37 bits per heavy atom. The molecule has 0 bridgehead atoms. The van der Waals surface area contributed by atoms with Crippen LogP contribution in [-0.4, -0.2) is 41.2 Å². The molecular formula is C15H25N3O. The summed E-state index contributed by atoms with van der Waals surface area (Å²) < 4.78 is 1.80. The van der Waals surface area contributed by atoms with Gasteiger partial charge in [0.2, 0.25) is 0 Å². The standard InChI is InChI=1S/C15H25N3O/c1-3-6-14-12-18(13(2)11-16-14)10-9-17-8-5-4-7-15(17)19/h4-5,7-8,13-14,16H,3,6,9-12H2,1-2H3. The van der Waals surface area contributed by atoms with Gasteiger partial charge >= 0.3 is 0 Å². The maximum atomic E-state index is 11.7. The zero-order chi connectivity index (χ0) is 13.7. The highest BCUT2D eigenvalue weighted by molar-refractivity contribution is 4.93. The highest BCUT2D eigenvalue weighted by Gasteiger charge is 2.23. The van der Waals surface area contributed by atoms with Crippen molar-refractivity contribution in [1.82, 2.24) is 14.8 Å². The molecule has 0 spiro atoms. The summed E-state index contributed by atoms with van der Waals surface area (Å²) in [6.45, 7) is 8.36. The van der Waals surface area contributed by atoms with Crippen molar-refractivity contribution >= 4 is 0 Å². The minimum Gasteiger partial charge on any atom is -0.314 e. The van der Waals surface area contributed by atoms with Gasteiger partial charge in [-0.1, -0.05) is 19.4 Å². The van der Waals surface area contributed by atoms with Crippen LogP contribution in [0.4, 0.5) is 0 Å². The molecule has 4 nitrogen and oxygen atoms in total. The minimum atomic E-state index is 0.0930. The molecule has 2 heterocycles. The monoisotopic (exact) mass is 263 g/mol. The molecule has 1 aromatic rings. The molecule has 2 unspecified atom stereocenters. The average Bonchev–Trinajstić information content (AvgIpc) is 2.41. The Morgan fingerprint density at radius 2 is 2.21 bits per heavy atom. The van der Waals surface area contributed by atoms with Gasteiger partial charge in [0, 0.05) is 50.5 Å². The summed E-state index contributed by atoms with van der Waals surface area (Å²) in [5.74, 6) is 0. The van der Waals surface area contributed by atoms with Crippen molar-refractivity contribution in [2.75, 3.05) is 19.6 Å². The SMILES string of the molecule is CCCC1CN(CCn2ccccc2=O)C(C)CN1. The average molecular weight is 263 g/mol. The predicted octanol–water partition coefficient (Wildman–Crippen LogP) is 1.31. The lowest BCUT2D eigenvalue weighted by molar-refractivity contribution is 0.132. The third kappa shape index (κ3) is 3.91. The summed E-state index contributed by atoms with van der Waals surface area (Å²) >= 11 is 0. The van der Waals surface area contributed by atoms with Gasteiger partial charge in [0.25, 0.3) is 5.56 Å². The zero-order valence-electron chi connectivity index (χ0n) is 12.0. The summed E-state index contributed by atoms with van der Waals surface area (Å²) in [7, 11) is 0. The number of rotatable bonds is 5. The summed E-state index contributed by atoms with van der Waals surface area (Å²) in [5.41, 5.74) is 0.0930. The van der Waals surface area contributed by atoms with Gasteiger partial charge in [-0.2, -0.15) is 0 Å². The fourth-order valence-electron chi connectivity index (χ4n) is 2.73. The van der Waals surface area contributed by atoms with E-state index in [-0.39, 0.29) is 5.56 Å². The number of hydrogen-bond acceptors (Lipinski definition) is 3. The third-order valence-electron chi connectivity index (χ3n) is 3.94. The lowest BCUT2D eigenvalue weighted by atomic mass is 10.1. The lowest BCUT2D eigenvalue weighted by Gasteiger charge is -2.39. The van der Waals surface area contributed by atoms with E-state index in [1.54, 1.807) is 16.7 Å². The van der Waals surface area contributed by atoms with Crippen LogP contribution in [0.2, 0.25) is 0 Å². The van der Waals surface area contributed by atoms with Crippen LogP contribution in [0.25, 0.3) is 0 Å². The van der Waals surface area contributed by atoms with E-state index in [2.05, 4.69) is 24.1 Å². The molecule has 2 rings (SSSR count). The molecular weight excluding hydrogens is 238 g/mol. The highest BCUT2D eigenvalue weighted by Crippen LogP contribution is 2.10. The van der Waals surface area contributed by atoms with Crippen molar-refractivity contribution in [3.05, 3.63) is 34.7 Å². The fraction of sp³-hybridized carbons (Fsp3) is 0.667. The van der Waals surface area contributed by atoms with Crippen LogP contribution in [0.1, 0.15) is 26.7 Å². The molecule has 1 N–H and O–H groups in total. The van der Waals surface area contributed by atoms with Crippen LogP contribution in [0.15, 0.2) is 29.2 Å². The Labute approximate surface area is 115 Å². The number of piperazine rings is 1. The topological polar surface area (TPSA) is 37.3 Å². The summed E-state index contributed by atoms with van der Waals surface area (Å²) in [6.07, 6.45) is 4.32. The van der Waals surface area contributed by atoms with E-state index in [1.807, 2.05) is 12.3 Å². The molecule has 19 heavy (non-hydrogen) atoms. The highest BCUT2D eigenvalue weighted by atomic mass is 16.1. The van der Waals surface area contributed by atoms with Crippen molar-refractivity contribution in [1.29, 1.82) is 0 Å². The van der Waals surface area contributed by atoms with Gasteiger partial charge in [-0.15, -0.1) is 0 Å². The molecule has 2 atom stereocenters. The maximum Gasteiger partial charge on any atom is 0.250 e. The Hall–Kier alpha value is -1.13. The number of aromatic nitrogens is 1. The Balaban J connectivity index is 1.90. The van der Waals surface area contributed by atoms with E-state index >= 15 is 0 Å². The molecule has 106 valence electrons. The molecule has 4 heteroatoms. The first-order valence-electron chi connectivity index (χ1n) is 7.33. The van der Waals surface area contributed by atoms with Crippen LogP contribution in [0.3, 0.4) is 0 Å². The number of nitrogens with zero attached hydrogens (tertiary/aromatic N) is 2. The van der Waals surface area contributed by atoms with Crippen LogP contribution >= 0.6 is 0 Å². The van der Waals surface area contributed by atoms with Gasteiger partial charge in [-0.3, -0.25) is 9.69 Å². The first kappa shape index (κ1) is 14.3. The van der Waals surface area contributed by atoms with E-state index in [4.69, 9.17) is 0 Å². The predicted molar refractivity (Wildman–Crippen MR) is 78.4 cm³/mol. The number of pyridine rings is 1. The normalized spacial score (nSPS) is 24.5. The van der Waals surface area contributed by atoms with E-state index in [0.717, 1.165) is 26.2 Å². The molecule has 0 radical (unpaired) electrons. The van der Waals surface area contributed by atoms with Crippen LogP contribution in [0, 0.1) is 0 Å². The molecule has 1 aromatic heterocycles. The van der Waals surface area contributed by atoms with Crippen molar-refractivity contribution in [2.45, 2.75) is 45.3 Å². The second kappa shape index (κ2) is 6.87. The second-order valence-corrected chi connectivity index (χ2v) is 5.47. The van der Waals surface area contributed by atoms with Crippen molar-refractivity contribution in [3.8, 4) is 0 Å². The van der Waals surface area contributed by atoms with Gasteiger partial charge in [-0.05, 0) is 19.4 Å². The Kier molecular flexibility index (Phi) is 5.16.